The molecular formula is C14H10BrNO3S. The number of rotatable bonds is 2. The van der Waals surface area contributed by atoms with Crippen LogP contribution in [-0.2, 0) is 4.74 Å². The molecule has 1 aromatic carbocycles. The lowest BCUT2D eigenvalue weighted by Gasteiger charge is -2.04. The highest BCUT2D eigenvalue weighted by Gasteiger charge is 2.14. The molecule has 2 heterocycles. The van der Waals surface area contributed by atoms with Gasteiger partial charge < -0.3 is 9.15 Å². The fourth-order valence-corrected chi connectivity index (χ4v) is 3.57. The summed E-state index contributed by atoms with van der Waals surface area (Å²) in [5.41, 5.74) is 0.585. The summed E-state index contributed by atoms with van der Waals surface area (Å²) < 4.78 is 12.5. The zero-order valence-corrected chi connectivity index (χ0v) is 12.9. The average molecular weight is 352 g/mol. The Morgan fingerprint density at radius 2 is 2.25 bits per heavy atom. The van der Waals surface area contributed by atoms with Crippen molar-refractivity contribution in [3.63, 3.8) is 0 Å². The van der Waals surface area contributed by atoms with Gasteiger partial charge in [0.25, 0.3) is 0 Å². The number of thiophene rings is 1. The molecule has 6 heteroatoms. The van der Waals surface area contributed by atoms with E-state index in [4.69, 9.17) is 14.6 Å². The highest BCUT2D eigenvalue weighted by atomic mass is 79.9. The van der Waals surface area contributed by atoms with E-state index < -0.39 is 5.97 Å². The van der Waals surface area contributed by atoms with Gasteiger partial charge >= 0.3 is 5.97 Å². The van der Waals surface area contributed by atoms with Crippen LogP contribution >= 0.6 is 27.3 Å². The van der Waals surface area contributed by atoms with Gasteiger partial charge in [-0.25, -0.2) is 4.79 Å². The van der Waals surface area contributed by atoms with Crippen LogP contribution in [0.5, 0.6) is 0 Å². The maximum atomic E-state index is 11.8. The van der Waals surface area contributed by atoms with Crippen LogP contribution in [-0.4, -0.2) is 12.6 Å². The van der Waals surface area contributed by atoms with E-state index in [1.807, 2.05) is 18.2 Å². The molecule has 0 aliphatic carbocycles. The minimum absolute atomic E-state index is 0.146. The van der Waals surface area contributed by atoms with Gasteiger partial charge in [-0.1, -0.05) is 0 Å². The van der Waals surface area contributed by atoms with Gasteiger partial charge in [0.1, 0.15) is 11.1 Å². The van der Waals surface area contributed by atoms with Crippen molar-refractivity contribution in [2.24, 2.45) is 0 Å². The Morgan fingerprint density at radius 3 is 3.00 bits per heavy atom. The molecule has 0 fully saturated rings. The third kappa shape index (κ3) is 2.14. The normalized spacial score (nSPS) is 11.1. The first-order valence-corrected chi connectivity index (χ1v) is 7.58. The first-order valence-electron chi connectivity index (χ1n) is 5.97. The van der Waals surface area contributed by atoms with Crippen molar-refractivity contribution in [1.82, 2.24) is 0 Å². The molecule has 0 aliphatic heterocycles. The van der Waals surface area contributed by atoms with E-state index in [0.29, 0.717) is 5.58 Å². The SMILES string of the molecule is CCOC(=O)c1cc2ccc3sc(Br)cc3c2oc1=N. The zero-order chi connectivity index (χ0) is 14.3. The smallest absolute Gasteiger partial charge is 0.343 e. The topological polar surface area (TPSA) is 63.3 Å². The highest BCUT2D eigenvalue weighted by molar-refractivity contribution is 9.11. The Hall–Kier alpha value is -1.66. The van der Waals surface area contributed by atoms with Crippen LogP contribution in [0.2, 0.25) is 0 Å². The van der Waals surface area contributed by atoms with Crippen molar-refractivity contribution in [3.8, 4) is 0 Å². The Labute approximate surface area is 126 Å². The fraction of sp³-hybridized carbons (Fsp3) is 0.143. The van der Waals surface area contributed by atoms with Crippen molar-refractivity contribution in [2.75, 3.05) is 6.61 Å². The van der Waals surface area contributed by atoms with Crippen LogP contribution in [0, 0.1) is 5.41 Å². The summed E-state index contributed by atoms with van der Waals surface area (Å²) in [5, 5.41) is 9.58. The molecule has 2 aromatic heterocycles. The van der Waals surface area contributed by atoms with Gasteiger partial charge in [0.2, 0.25) is 5.55 Å². The van der Waals surface area contributed by atoms with Gasteiger partial charge in [-0.15, -0.1) is 11.3 Å². The maximum Gasteiger partial charge on any atom is 0.343 e. The summed E-state index contributed by atoms with van der Waals surface area (Å²) in [6, 6.07) is 7.45. The summed E-state index contributed by atoms with van der Waals surface area (Å²) in [4.78, 5) is 11.8. The number of carbonyl (C=O) groups is 1. The Morgan fingerprint density at radius 1 is 1.45 bits per heavy atom. The number of hydrogen-bond donors (Lipinski definition) is 1. The molecule has 3 rings (SSSR count). The number of halogens is 1. The molecule has 0 spiro atoms. The Kier molecular flexibility index (Phi) is 3.35. The van der Waals surface area contributed by atoms with Crippen LogP contribution in [0.1, 0.15) is 17.3 Å². The first kappa shape index (κ1) is 13.3. The number of ether oxygens (including phenoxy) is 1. The van der Waals surface area contributed by atoms with Crippen LogP contribution in [0.3, 0.4) is 0 Å². The molecule has 0 saturated carbocycles. The number of benzene rings is 1. The zero-order valence-electron chi connectivity index (χ0n) is 10.5. The molecule has 1 N–H and O–H groups in total. The Balaban J connectivity index is 2.29. The Bertz CT molecular complexity index is 881. The molecule has 102 valence electrons. The second-order valence-corrected chi connectivity index (χ2v) is 6.62. The average Bonchev–Trinajstić information content (AvgIpc) is 2.79. The fourth-order valence-electron chi connectivity index (χ4n) is 2.04. The quantitative estimate of drug-likeness (QED) is 0.708. The molecule has 0 bridgehead atoms. The van der Waals surface area contributed by atoms with Gasteiger partial charge in [-0.3, -0.25) is 5.41 Å². The first-order chi connectivity index (χ1) is 9.60. The van der Waals surface area contributed by atoms with E-state index in [0.717, 1.165) is 19.3 Å². The van der Waals surface area contributed by atoms with Crippen LogP contribution in [0.4, 0.5) is 0 Å². The summed E-state index contributed by atoms with van der Waals surface area (Å²) in [7, 11) is 0. The number of esters is 1. The van der Waals surface area contributed by atoms with Crippen molar-refractivity contribution < 1.29 is 13.9 Å². The molecule has 0 radical (unpaired) electrons. The summed E-state index contributed by atoms with van der Waals surface area (Å²) >= 11 is 5.04. The standard InChI is InChI=1S/C14H10BrNO3S/c1-2-18-14(17)9-5-7-3-4-10-8(6-11(15)20-10)12(7)19-13(9)16/h3-6,16H,2H2,1H3. The lowest BCUT2D eigenvalue weighted by molar-refractivity contribution is 0.0521. The molecule has 4 nitrogen and oxygen atoms in total. The molecule has 0 amide bonds. The van der Waals surface area contributed by atoms with E-state index in [1.165, 1.54) is 0 Å². The molecular weight excluding hydrogens is 342 g/mol. The summed E-state index contributed by atoms with van der Waals surface area (Å²) in [5.74, 6) is -0.533. The summed E-state index contributed by atoms with van der Waals surface area (Å²) in [6.45, 7) is 2.00. The van der Waals surface area contributed by atoms with Gasteiger partial charge in [0.15, 0.2) is 0 Å². The highest BCUT2D eigenvalue weighted by Crippen LogP contribution is 2.34. The molecule has 20 heavy (non-hydrogen) atoms. The number of carbonyl (C=O) groups excluding carboxylic acids is 1. The van der Waals surface area contributed by atoms with Gasteiger partial charge in [0.05, 0.1) is 10.4 Å². The van der Waals surface area contributed by atoms with E-state index in [-0.39, 0.29) is 17.7 Å². The van der Waals surface area contributed by atoms with Crippen molar-refractivity contribution >= 4 is 54.3 Å². The number of hydrogen-bond acceptors (Lipinski definition) is 5. The van der Waals surface area contributed by atoms with Crippen LogP contribution in [0.15, 0.2) is 32.5 Å². The van der Waals surface area contributed by atoms with Gasteiger partial charge in [-0.05, 0) is 47.1 Å². The third-order valence-corrected chi connectivity index (χ3v) is 4.50. The van der Waals surface area contributed by atoms with Crippen LogP contribution < -0.4 is 5.55 Å². The minimum Gasteiger partial charge on any atom is -0.462 e. The minimum atomic E-state index is -0.533. The summed E-state index contributed by atoms with van der Waals surface area (Å²) in [6.07, 6.45) is 0. The van der Waals surface area contributed by atoms with Crippen LogP contribution in [0.25, 0.3) is 21.1 Å². The number of nitrogens with one attached hydrogen (secondary N) is 1. The van der Waals surface area contributed by atoms with Crippen molar-refractivity contribution in [2.45, 2.75) is 6.92 Å². The molecule has 0 atom stereocenters. The van der Waals surface area contributed by atoms with Gasteiger partial charge in [0, 0.05) is 15.5 Å². The van der Waals surface area contributed by atoms with E-state index >= 15 is 0 Å². The van der Waals surface area contributed by atoms with Crippen molar-refractivity contribution in [1.29, 1.82) is 5.41 Å². The van der Waals surface area contributed by atoms with E-state index in [1.54, 1.807) is 24.3 Å². The lowest BCUT2D eigenvalue weighted by Crippen LogP contribution is -2.16. The maximum absolute atomic E-state index is 11.8. The lowest BCUT2D eigenvalue weighted by atomic mass is 10.1. The molecule has 0 aliphatic rings. The van der Waals surface area contributed by atoms with E-state index in [2.05, 4.69) is 15.9 Å². The third-order valence-electron chi connectivity index (χ3n) is 2.90. The molecule has 0 unspecified atom stereocenters. The second-order valence-electron chi connectivity index (χ2n) is 4.16. The largest absolute Gasteiger partial charge is 0.462 e. The molecule has 3 aromatic rings. The second kappa shape index (κ2) is 5.03. The monoisotopic (exact) mass is 351 g/mol. The molecule has 0 saturated heterocycles. The predicted molar refractivity (Wildman–Crippen MR) is 81.1 cm³/mol. The van der Waals surface area contributed by atoms with Crippen molar-refractivity contribution in [3.05, 3.63) is 39.2 Å². The van der Waals surface area contributed by atoms with E-state index in [9.17, 15) is 4.79 Å². The van der Waals surface area contributed by atoms with Gasteiger partial charge in [-0.2, -0.15) is 0 Å². The predicted octanol–water partition coefficient (Wildman–Crippen LogP) is 4.07. The number of fused-ring (bicyclic) bond motifs is 3.